The van der Waals surface area contributed by atoms with Crippen molar-refractivity contribution in [3.63, 3.8) is 0 Å². The van der Waals surface area contributed by atoms with Crippen molar-refractivity contribution in [1.82, 2.24) is 24.4 Å². The quantitative estimate of drug-likeness (QED) is 0.459. The van der Waals surface area contributed by atoms with Gasteiger partial charge in [0.1, 0.15) is 5.76 Å². The molecule has 0 saturated carbocycles. The summed E-state index contributed by atoms with van der Waals surface area (Å²) in [4.78, 5) is 21.7. The molecule has 1 saturated heterocycles. The first-order chi connectivity index (χ1) is 15.4. The van der Waals surface area contributed by atoms with E-state index in [1.807, 2.05) is 12.1 Å². The van der Waals surface area contributed by atoms with Crippen LogP contribution < -0.4 is 0 Å². The number of carbonyl (C=O) groups excluding carboxylic acids is 1. The lowest BCUT2D eigenvalue weighted by molar-refractivity contribution is -0.142. The fourth-order valence-electron chi connectivity index (χ4n) is 3.73. The minimum Gasteiger partial charge on any atom is -0.468 e. The van der Waals surface area contributed by atoms with Crippen LogP contribution in [0.15, 0.2) is 52.5 Å². The average molecular weight is 461 g/mol. The largest absolute Gasteiger partial charge is 0.468 e. The summed E-state index contributed by atoms with van der Waals surface area (Å²) in [5.41, 5.74) is -0.827. The molecular weight excluding hydrogens is 443 g/mol. The van der Waals surface area contributed by atoms with E-state index in [9.17, 15) is 18.0 Å². The first-order valence-corrected chi connectivity index (χ1v) is 10.8. The van der Waals surface area contributed by atoms with Crippen molar-refractivity contribution >= 4 is 22.9 Å². The third-order valence-corrected chi connectivity index (χ3v) is 6.22. The van der Waals surface area contributed by atoms with E-state index in [1.165, 1.54) is 17.4 Å². The van der Waals surface area contributed by atoms with Crippen molar-refractivity contribution in [3.8, 4) is 10.6 Å². The van der Waals surface area contributed by atoms with Crippen LogP contribution in [0, 0.1) is 0 Å². The average Bonchev–Trinajstić information content (AvgIpc) is 3.53. The second-order valence-electron chi connectivity index (χ2n) is 7.45. The van der Waals surface area contributed by atoms with E-state index in [1.54, 1.807) is 28.7 Å². The molecule has 4 aromatic heterocycles. The number of hydrogen-bond donors (Lipinski definition) is 0. The van der Waals surface area contributed by atoms with Gasteiger partial charge in [-0.15, -0.1) is 11.3 Å². The molecule has 0 aliphatic carbocycles. The summed E-state index contributed by atoms with van der Waals surface area (Å²) in [5, 5.41) is 5.74. The molecule has 7 nitrogen and oxygen atoms in total. The zero-order valence-electron chi connectivity index (χ0n) is 16.7. The Hall–Kier alpha value is -3.18. The molecule has 0 N–H and O–H groups in total. The van der Waals surface area contributed by atoms with Gasteiger partial charge in [-0.3, -0.25) is 9.69 Å². The molecule has 4 aromatic rings. The van der Waals surface area contributed by atoms with Gasteiger partial charge in [0.2, 0.25) is 0 Å². The van der Waals surface area contributed by atoms with E-state index < -0.39 is 17.8 Å². The van der Waals surface area contributed by atoms with E-state index in [2.05, 4.69) is 15.0 Å². The molecule has 0 bridgehead atoms. The molecule has 0 radical (unpaired) electrons. The predicted molar refractivity (Wildman–Crippen MR) is 111 cm³/mol. The van der Waals surface area contributed by atoms with Crippen LogP contribution in [0.3, 0.4) is 0 Å². The van der Waals surface area contributed by atoms with Crippen LogP contribution in [0.5, 0.6) is 0 Å². The number of piperazine rings is 1. The number of rotatable bonds is 4. The summed E-state index contributed by atoms with van der Waals surface area (Å²) in [6.07, 6.45) is -3.03. The highest BCUT2D eigenvalue weighted by Gasteiger charge is 2.36. The van der Waals surface area contributed by atoms with Crippen LogP contribution in [0.25, 0.3) is 16.2 Å². The first-order valence-electron chi connectivity index (χ1n) is 9.94. The molecule has 5 rings (SSSR count). The zero-order chi connectivity index (χ0) is 22.3. The number of carbonyl (C=O) groups is 1. The van der Waals surface area contributed by atoms with Gasteiger partial charge < -0.3 is 9.32 Å². The van der Waals surface area contributed by atoms with E-state index in [-0.39, 0.29) is 17.0 Å². The highest BCUT2D eigenvalue weighted by atomic mass is 32.1. The molecule has 0 atom stereocenters. The lowest BCUT2D eigenvalue weighted by Crippen LogP contribution is -2.48. The number of furan rings is 1. The SMILES string of the molecule is O=C(c1cc2nc(-c3cccs3)cc(C(F)(F)F)n2n1)N1CCN(Cc2ccco2)CC1. The van der Waals surface area contributed by atoms with Gasteiger partial charge in [-0.05, 0) is 29.6 Å². The maximum absolute atomic E-state index is 13.7. The Morgan fingerprint density at radius 3 is 2.59 bits per heavy atom. The summed E-state index contributed by atoms with van der Waals surface area (Å²) < 4.78 is 47.2. The summed E-state index contributed by atoms with van der Waals surface area (Å²) in [7, 11) is 0. The number of amides is 1. The number of alkyl halides is 3. The minimum absolute atomic E-state index is 0.0111. The predicted octanol–water partition coefficient (Wildman–Crippen LogP) is 4.03. The van der Waals surface area contributed by atoms with Gasteiger partial charge in [0, 0.05) is 32.2 Å². The maximum Gasteiger partial charge on any atom is 0.433 e. The Bertz CT molecular complexity index is 1230. The van der Waals surface area contributed by atoms with Crippen molar-refractivity contribution in [3.05, 3.63) is 65.2 Å². The smallest absolute Gasteiger partial charge is 0.433 e. The molecule has 1 fully saturated rings. The number of hydrogen-bond acceptors (Lipinski definition) is 6. The molecule has 0 aromatic carbocycles. The standard InChI is InChI=1S/C21H18F3N5O2S/c22-21(23,24)18-11-15(17-4-2-10-32-17)25-19-12-16(26-29(18)19)20(30)28-7-5-27(6-8-28)13-14-3-1-9-31-14/h1-4,9-12H,5-8,13H2. The topological polar surface area (TPSA) is 66.9 Å². The van der Waals surface area contributed by atoms with Gasteiger partial charge in [0.05, 0.1) is 23.4 Å². The van der Waals surface area contributed by atoms with Crippen molar-refractivity contribution in [2.24, 2.45) is 0 Å². The third-order valence-electron chi connectivity index (χ3n) is 5.33. The fraction of sp³-hybridized carbons (Fsp3) is 0.286. The highest BCUT2D eigenvalue weighted by molar-refractivity contribution is 7.13. The molecule has 32 heavy (non-hydrogen) atoms. The fourth-order valence-corrected chi connectivity index (χ4v) is 4.41. The monoisotopic (exact) mass is 461 g/mol. The Kier molecular flexibility index (Phi) is 5.22. The molecule has 166 valence electrons. The molecule has 0 unspecified atom stereocenters. The Morgan fingerprint density at radius 2 is 1.94 bits per heavy atom. The van der Waals surface area contributed by atoms with Crippen LogP contribution in [-0.2, 0) is 12.7 Å². The number of thiophene rings is 1. The van der Waals surface area contributed by atoms with Gasteiger partial charge in [-0.25, -0.2) is 9.50 Å². The van der Waals surface area contributed by atoms with Crippen LogP contribution in [0.2, 0.25) is 0 Å². The summed E-state index contributed by atoms with van der Waals surface area (Å²) >= 11 is 1.29. The summed E-state index contributed by atoms with van der Waals surface area (Å²) in [6, 6.07) is 9.46. The van der Waals surface area contributed by atoms with Gasteiger partial charge in [-0.2, -0.15) is 18.3 Å². The molecule has 1 aliphatic rings. The highest BCUT2D eigenvalue weighted by Crippen LogP contribution is 2.33. The maximum atomic E-state index is 13.7. The summed E-state index contributed by atoms with van der Waals surface area (Å²) in [5.74, 6) is 0.441. The molecule has 1 amide bonds. The van der Waals surface area contributed by atoms with Crippen LogP contribution >= 0.6 is 11.3 Å². The van der Waals surface area contributed by atoms with Crippen molar-refractivity contribution in [1.29, 1.82) is 0 Å². The van der Waals surface area contributed by atoms with Crippen molar-refractivity contribution in [2.45, 2.75) is 12.7 Å². The minimum atomic E-state index is -4.64. The van der Waals surface area contributed by atoms with Gasteiger partial charge in [-0.1, -0.05) is 6.07 Å². The third kappa shape index (κ3) is 4.00. The Morgan fingerprint density at radius 1 is 1.12 bits per heavy atom. The zero-order valence-corrected chi connectivity index (χ0v) is 17.6. The summed E-state index contributed by atoms with van der Waals surface area (Å²) in [6.45, 7) is 2.82. The number of halogens is 3. The number of nitrogens with zero attached hydrogens (tertiary/aromatic N) is 5. The van der Waals surface area contributed by atoms with E-state index in [0.29, 0.717) is 42.1 Å². The molecule has 0 spiro atoms. The molecular formula is C21H18F3N5O2S. The normalized spacial score (nSPS) is 15.5. The van der Waals surface area contributed by atoms with Crippen molar-refractivity contribution in [2.75, 3.05) is 26.2 Å². The lowest BCUT2D eigenvalue weighted by Gasteiger charge is -2.33. The second-order valence-corrected chi connectivity index (χ2v) is 8.40. The van der Waals surface area contributed by atoms with Gasteiger partial charge in [0.25, 0.3) is 5.91 Å². The lowest BCUT2D eigenvalue weighted by atomic mass is 10.2. The molecule has 1 aliphatic heterocycles. The number of fused-ring (bicyclic) bond motifs is 1. The number of aromatic nitrogens is 3. The van der Waals surface area contributed by atoms with Crippen molar-refractivity contribution < 1.29 is 22.4 Å². The second kappa shape index (κ2) is 8.06. The Balaban J connectivity index is 1.39. The molecule has 11 heteroatoms. The molecule has 5 heterocycles. The van der Waals surface area contributed by atoms with Crippen LogP contribution in [-0.4, -0.2) is 56.5 Å². The first kappa shape index (κ1) is 20.7. The Labute approximate surface area is 184 Å². The van der Waals surface area contributed by atoms with Crippen LogP contribution in [0.1, 0.15) is 21.9 Å². The van der Waals surface area contributed by atoms with Gasteiger partial charge in [0.15, 0.2) is 17.0 Å². The van der Waals surface area contributed by atoms with Crippen LogP contribution in [0.4, 0.5) is 13.2 Å². The van der Waals surface area contributed by atoms with Gasteiger partial charge >= 0.3 is 6.18 Å². The van der Waals surface area contributed by atoms with E-state index in [0.717, 1.165) is 11.8 Å². The van der Waals surface area contributed by atoms with E-state index >= 15 is 0 Å². The van der Waals surface area contributed by atoms with E-state index in [4.69, 9.17) is 4.42 Å².